The molecule has 0 atom stereocenters. The van der Waals surface area contributed by atoms with Gasteiger partial charge in [0.15, 0.2) is 5.11 Å². The lowest BCUT2D eigenvalue weighted by atomic mass is 10.0. The first kappa shape index (κ1) is 19.4. The van der Waals surface area contributed by atoms with Gasteiger partial charge in [-0.3, -0.25) is 4.79 Å². The van der Waals surface area contributed by atoms with E-state index < -0.39 is 0 Å². The van der Waals surface area contributed by atoms with Crippen LogP contribution in [0.2, 0.25) is 0 Å². The number of aliphatic hydroxyl groups excluding tert-OH is 1. The molecule has 0 saturated heterocycles. The van der Waals surface area contributed by atoms with Gasteiger partial charge >= 0.3 is 0 Å². The lowest BCUT2D eigenvalue weighted by molar-refractivity contribution is 0.245. The molecule has 0 aliphatic carbocycles. The monoisotopic (exact) mass is 361 g/mol. The van der Waals surface area contributed by atoms with Gasteiger partial charge in [0.25, 0.3) is 5.56 Å². The fraction of sp³-hybridized carbons (Fsp3) is 0.474. The van der Waals surface area contributed by atoms with Gasteiger partial charge in [-0.15, -0.1) is 0 Å². The molecule has 3 N–H and O–H groups in total. The molecule has 2 rings (SSSR count). The fourth-order valence-electron chi connectivity index (χ4n) is 2.90. The van der Waals surface area contributed by atoms with E-state index in [0.717, 1.165) is 41.4 Å². The Morgan fingerprint density at radius 3 is 2.76 bits per heavy atom. The Balaban J connectivity index is 2.27. The van der Waals surface area contributed by atoms with Crippen LogP contribution < -0.4 is 10.9 Å². The van der Waals surface area contributed by atoms with E-state index in [9.17, 15) is 9.90 Å². The Bertz CT molecular complexity index is 801. The highest BCUT2D eigenvalue weighted by Crippen LogP contribution is 2.19. The van der Waals surface area contributed by atoms with Gasteiger partial charge in [0.1, 0.15) is 0 Å². The highest BCUT2D eigenvalue weighted by Gasteiger charge is 2.13. The predicted octanol–water partition coefficient (Wildman–Crippen LogP) is 2.61. The quantitative estimate of drug-likeness (QED) is 0.522. The van der Waals surface area contributed by atoms with Crippen LogP contribution in [0, 0.1) is 13.8 Å². The Labute approximate surface area is 154 Å². The molecule has 5 nitrogen and oxygen atoms in total. The molecule has 0 aliphatic heterocycles. The molecule has 0 bridgehead atoms. The van der Waals surface area contributed by atoms with Crippen molar-refractivity contribution >= 4 is 28.2 Å². The van der Waals surface area contributed by atoms with Crippen LogP contribution in [0.4, 0.5) is 0 Å². The molecule has 0 radical (unpaired) electrons. The molecule has 6 heteroatoms. The average Bonchev–Trinajstić information content (AvgIpc) is 2.55. The van der Waals surface area contributed by atoms with Gasteiger partial charge in [-0.1, -0.05) is 19.4 Å². The molecule has 0 fully saturated rings. The van der Waals surface area contributed by atoms with Crippen molar-refractivity contribution in [2.24, 2.45) is 0 Å². The zero-order chi connectivity index (χ0) is 18.4. The van der Waals surface area contributed by atoms with Crippen molar-refractivity contribution < 1.29 is 5.11 Å². The predicted molar refractivity (Wildman–Crippen MR) is 107 cm³/mol. The maximum atomic E-state index is 12.5. The van der Waals surface area contributed by atoms with Crippen LogP contribution in [-0.2, 0) is 6.54 Å². The van der Waals surface area contributed by atoms with E-state index in [1.165, 1.54) is 0 Å². The summed E-state index contributed by atoms with van der Waals surface area (Å²) in [5.74, 6) is 0. The van der Waals surface area contributed by atoms with Gasteiger partial charge in [-0.05, 0) is 55.7 Å². The number of nitrogens with zero attached hydrogens (tertiary/aromatic N) is 1. The summed E-state index contributed by atoms with van der Waals surface area (Å²) in [7, 11) is 0. The maximum absolute atomic E-state index is 12.5. The van der Waals surface area contributed by atoms with Crippen LogP contribution >= 0.6 is 12.2 Å². The van der Waals surface area contributed by atoms with Crippen LogP contribution in [0.5, 0.6) is 0 Å². The summed E-state index contributed by atoms with van der Waals surface area (Å²) in [6.07, 6.45) is 2.11. The van der Waals surface area contributed by atoms with Crippen LogP contribution in [-0.4, -0.2) is 39.8 Å². The largest absolute Gasteiger partial charge is 0.395 e. The summed E-state index contributed by atoms with van der Waals surface area (Å²) in [6, 6.07) is 6.02. The third-order valence-corrected chi connectivity index (χ3v) is 4.62. The minimum atomic E-state index is -0.114. The first-order chi connectivity index (χ1) is 12.0. The van der Waals surface area contributed by atoms with E-state index in [0.29, 0.717) is 23.8 Å². The number of hydrogen-bond acceptors (Lipinski definition) is 3. The minimum Gasteiger partial charge on any atom is -0.395 e. The van der Waals surface area contributed by atoms with Gasteiger partial charge in [0, 0.05) is 29.6 Å². The first-order valence-corrected chi connectivity index (χ1v) is 9.14. The van der Waals surface area contributed by atoms with Crippen molar-refractivity contribution in [3.05, 3.63) is 45.2 Å². The molecule has 0 saturated carbocycles. The van der Waals surface area contributed by atoms with Crippen LogP contribution in [0.3, 0.4) is 0 Å². The lowest BCUT2D eigenvalue weighted by Crippen LogP contribution is -2.42. The van der Waals surface area contributed by atoms with Crippen molar-refractivity contribution in [3.8, 4) is 0 Å². The standard InChI is InChI=1S/C19H27N3O2S/c1-4-5-6-20-19(25)22(7-8-23)12-15-11-16-14(3)9-13(2)10-17(16)21-18(15)24/h9-11,23H,4-8,12H2,1-3H3,(H,20,25)(H,21,24). The number of thiocarbonyl (C=S) groups is 1. The SMILES string of the molecule is CCCCNC(=S)N(CCO)Cc1cc2c(C)cc(C)cc2[nH]c1=O. The summed E-state index contributed by atoms with van der Waals surface area (Å²) < 4.78 is 0. The van der Waals surface area contributed by atoms with Crippen molar-refractivity contribution in [2.45, 2.75) is 40.2 Å². The molecule has 0 amide bonds. The maximum Gasteiger partial charge on any atom is 0.253 e. The van der Waals surface area contributed by atoms with E-state index in [-0.39, 0.29) is 12.2 Å². The van der Waals surface area contributed by atoms with Gasteiger partial charge in [0.2, 0.25) is 0 Å². The molecule has 1 heterocycles. The number of H-pyrrole nitrogens is 1. The number of unbranched alkanes of at least 4 members (excludes halogenated alkanes) is 1. The minimum absolute atomic E-state index is 0.0146. The van der Waals surface area contributed by atoms with Crippen molar-refractivity contribution in [3.63, 3.8) is 0 Å². The molecule has 1 aromatic heterocycles. The van der Waals surface area contributed by atoms with E-state index >= 15 is 0 Å². The zero-order valence-corrected chi connectivity index (χ0v) is 16.0. The number of rotatable bonds is 7. The number of aromatic nitrogens is 1. The summed E-state index contributed by atoms with van der Waals surface area (Å²) in [4.78, 5) is 17.3. The Morgan fingerprint density at radius 1 is 1.32 bits per heavy atom. The molecule has 25 heavy (non-hydrogen) atoms. The van der Waals surface area contributed by atoms with Crippen LogP contribution in [0.25, 0.3) is 10.9 Å². The number of aliphatic hydroxyl groups is 1. The second-order valence-electron chi connectivity index (χ2n) is 6.40. The number of aromatic amines is 1. The van der Waals surface area contributed by atoms with E-state index in [1.807, 2.05) is 30.9 Å². The summed E-state index contributed by atoms with van der Waals surface area (Å²) in [5.41, 5.74) is 3.63. The third kappa shape index (κ3) is 5.03. The molecule has 2 aromatic rings. The topological polar surface area (TPSA) is 68.4 Å². The van der Waals surface area contributed by atoms with Crippen LogP contribution in [0.1, 0.15) is 36.5 Å². The summed E-state index contributed by atoms with van der Waals surface area (Å²) in [5, 5.41) is 14.1. The number of aryl methyl sites for hydroxylation is 2. The molecule has 0 aliphatic rings. The lowest BCUT2D eigenvalue weighted by Gasteiger charge is -2.25. The van der Waals surface area contributed by atoms with Gasteiger partial charge in [0.05, 0.1) is 13.2 Å². The van der Waals surface area contributed by atoms with Crippen molar-refractivity contribution in [1.29, 1.82) is 0 Å². The highest BCUT2D eigenvalue weighted by molar-refractivity contribution is 7.80. The molecule has 136 valence electrons. The van der Waals surface area contributed by atoms with Crippen LogP contribution in [0.15, 0.2) is 23.0 Å². The fourth-order valence-corrected chi connectivity index (χ4v) is 3.15. The molecule has 1 aromatic carbocycles. The van der Waals surface area contributed by atoms with E-state index in [4.69, 9.17) is 12.2 Å². The summed E-state index contributed by atoms with van der Waals surface area (Å²) in [6.45, 7) is 7.72. The smallest absolute Gasteiger partial charge is 0.253 e. The Morgan fingerprint density at radius 2 is 2.08 bits per heavy atom. The Kier molecular flexibility index (Phi) is 6.96. The number of benzene rings is 1. The molecule has 0 spiro atoms. The van der Waals surface area contributed by atoms with E-state index in [1.54, 1.807) is 0 Å². The Hall–Kier alpha value is -1.92. The second kappa shape index (κ2) is 8.97. The average molecular weight is 362 g/mol. The number of nitrogens with one attached hydrogen (secondary N) is 2. The van der Waals surface area contributed by atoms with Gasteiger partial charge in [-0.25, -0.2) is 0 Å². The third-order valence-electron chi connectivity index (χ3n) is 4.21. The van der Waals surface area contributed by atoms with Crippen molar-refractivity contribution in [2.75, 3.05) is 19.7 Å². The number of fused-ring (bicyclic) bond motifs is 1. The van der Waals surface area contributed by atoms with Gasteiger partial charge < -0.3 is 20.3 Å². The van der Waals surface area contributed by atoms with Gasteiger partial charge in [-0.2, -0.15) is 0 Å². The zero-order valence-electron chi connectivity index (χ0n) is 15.2. The summed E-state index contributed by atoms with van der Waals surface area (Å²) >= 11 is 5.43. The molecular formula is C19H27N3O2S. The normalized spacial score (nSPS) is 10.9. The second-order valence-corrected chi connectivity index (χ2v) is 6.78. The van der Waals surface area contributed by atoms with Crippen molar-refractivity contribution in [1.82, 2.24) is 15.2 Å². The van der Waals surface area contributed by atoms with E-state index in [2.05, 4.69) is 23.3 Å². The highest BCUT2D eigenvalue weighted by atomic mass is 32.1. The molecular weight excluding hydrogens is 334 g/mol. The molecule has 0 unspecified atom stereocenters. The number of hydrogen-bond donors (Lipinski definition) is 3. The number of pyridine rings is 1. The first-order valence-electron chi connectivity index (χ1n) is 8.73.